The van der Waals surface area contributed by atoms with E-state index in [0.717, 1.165) is 39.1 Å². The minimum atomic E-state index is -0.520. The molecule has 4 aromatic rings. The third kappa shape index (κ3) is 7.41. The van der Waals surface area contributed by atoms with Crippen molar-refractivity contribution in [3.63, 3.8) is 0 Å². The maximum atomic E-state index is 12.0. The van der Waals surface area contributed by atoms with Crippen LogP contribution in [0.15, 0.2) is 108 Å². The molecule has 42 heavy (non-hydrogen) atoms. The molecule has 218 valence electrons. The van der Waals surface area contributed by atoms with E-state index in [1.165, 1.54) is 4.90 Å². The highest BCUT2D eigenvalue weighted by atomic mass is 32.2. The number of nitrogens with one attached hydrogen (secondary N) is 2. The lowest BCUT2D eigenvalue weighted by Crippen LogP contribution is -2.38. The van der Waals surface area contributed by atoms with Gasteiger partial charge in [-0.15, -0.1) is 11.8 Å². The maximum Gasteiger partial charge on any atom is 0.315 e. The number of hydrogen-bond donors (Lipinski definition) is 3. The number of aliphatic hydroxyl groups excluding tert-OH is 1. The van der Waals surface area contributed by atoms with E-state index in [9.17, 15) is 9.90 Å². The number of hydrogen-bond acceptors (Lipinski definition) is 5. The molecule has 1 saturated heterocycles. The van der Waals surface area contributed by atoms with Gasteiger partial charge in [0.15, 0.2) is 6.29 Å². The second kappa shape index (κ2) is 14.5. The van der Waals surface area contributed by atoms with Crippen molar-refractivity contribution in [1.82, 2.24) is 10.6 Å². The molecular weight excluding hydrogens is 544 g/mol. The van der Waals surface area contributed by atoms with Gasteiger partial charge in [-0.25, -0.2) is 4.79 Å². The van der Waals surface area contributed by atoms with Crippen molar-refractivity contribution < 1.29 is 19.4 Å². The molecule has 0 unspecified atom stereocenters. The highest BCUT2D eigenvalue weighted by Gasteiger charge is 2.38. The number of amides is 2. The van der Waals surface area contributed by atoms with Crippen LogP contribution in [0.25, 0.3) is 11.1 Å². The largest absolute Gasteiger partial charge is 0.392 e. The Morgan fingerprint density at radius 2 is 1.52 bits per heavy atom. The highest BCUT2D eigenvalue weighted by Crippen LogP contribution is 2.43. The van der Waals surface area contributed by atoms with Crippen molar-refractivity contribution in [2.24, 2.45) is 5.92 Å². The number of aliphatic hydroxyl groups is 1. The summed E-state index contributed by atoms with van der Waals surface area (Å²) in [5, 5.41) is 15.2. The summed E-state index contributed by atoms with van der Waals surface area (Å²) in [7, 11) is 0. The normalized spacial score (nSPS) is 20.2. The summed E-state index contributed by atoms with van der Waals surface area (Å²) >= 11 is 1.79. The second-order valence-corrected chi connectivity index (χ2v) is 11.5. The maximum absolute atomic E-state index is 12.0. The van der Waals surface area contributed by atoms with Crippen LogP contribution in [-0.4, -0.2) is 29.5 Å². The number of carbonyl (C=O) groups excluding carboxylic acids is 1. The Kier molecular flexibility index (Phi) is 10.3. The quantitative estimate of drug-likeness (QED) is 0.172. The minimum Gasteiger partial charge on any atom is -0.392 e. The molecule has 1 aliphatic heterocycles. The average molecular weight is 583 g/mol. The number of carbonyl (C=O) groups is 1. The fraction of sp³-hybridized carbons (Fsp3) is 0.286. The lowest BCUT2D eigenvalue weighted by Gasteiger charge is -2.41. The Balaban J connectivity index is 1.36. The number of benzene rings is 4. The summed E-state index contributed by atoms with van der Waals surface area (Å²) < 4.78 is 13.3. The Morgan fingerprint density at radius 1 is 0.833 bits per heavy atom. The van der Waals surface area contributed by atoms with Crippen molar-refractivity contribution in [2.45, 2.75) is 50.4 Å². The van der Waals surface area contributed by atoms with E-state index in [1.807, 2.05) is 55.5 Å². The van der Waals surface area contributed by atoms with Crippen LogP contribution < -0.4 is 10.6 Å². The van der Waals surface area contributed by atoms with Gasteiger partial charge >= 0.3 is 6.03 Å². The fourth-order valence-electron chi connectivity index (χ4n) is 5.18. The number of urea groups is 1. The highest BCUT2D eigenvalue weighted by molar-refractivity contribution is 7.99. The first-order valence-electron chi connectivity index (χ1n) is 14.4. The molecule has 0 bridgehead atoms. The van der Waals surface area contributed by atoms with Crippen LogP contribution in [-0.2, 0) is 22.6 Å². The van der Waals surface area contributed by atoms with E-state index >= 15 is 0 Å². The SMILES string of the molecule is CCNC(=O)NCc1ccccc1-c1ccc([C@@H]2O[C@H](CSc3ccccc3)[C@H](C)[C@H](c3ccc(CO)cc3)O2)cc1. The van der Waals surface area contributed by atoms with Crippen LogP contribution >= 0.6 is 11.8 Å². The van der Waals surface area contributed by atoms with Gasteiger partial charge in [-0.2, -0.15) is 0 Å². The molecule has 2 amide bonds. The van der Waals surface area contributed by atoms with E-state index < -0.39 is 6.29 Å². The number of thioether (sulfide) groups is 1. The molecule has 1 aliphatic rings. The molecule has 5 rings (SSSR count). The van der Waals surface area contributed by atoms with Gasteiger partial charge in [0.05, 0.1) is 18.8 Å². The van der Waals surface area contributed by atoms with Crippen molar-refractivity contribution in [1.29, 1.82) is 0 Å². The van der Waals surface area contributed by atoms with Crippen LogP contribution in [0, 0.1) is 5.92 Å². The van der Waals surface area contributed by atoms with E-state index in [1.54, 1.807) is 11.8 Å². The minimum absolute atomic E-state index is 0.0148. The van der Waals surface area contributed by atoms with Crippen molar-refractivity contribution in [2.75, 3.05) is 12.3 Å². The predicted octanol–water partition coefficient (Wildman–Crippen LogP) is 7.25. The van der Waals surface area contributed by atoms with Gasteiger partial charge in [-0.1, -0.05) is 97.9 Å². The Labute approximate surface area is 252 Å². The zero-order valence-electron chi connectivity index (χ0n) is 24.0. The van der Waals surface area contributed by atoms with Gasteiger partial charge in [-0.3, -0.25) is 0 Å². The lowest BCUT2D eigenvalue weighted by molar-refractivity contribution is -0.268. The van der Waals surface area contributed by atoms with Crippen molar-refractivity contribution in [3.05, 3.63) is 125 Å². The van der Waals surface area contributed by atoms with E-state index in [4.69, 9.17) is 9.47 Å². The zero-order valence-corrected chi connectivity index (χ0v) is 24.8. The molecule has 1 fully saturated rings. The monoisotopic (exact) mass is 582 g/mol. The number of ether oxygens (including phenoxy) is 2. The first kappa shape index (κ1) is 29.9. The smallest absolute Gasteiger partial charge is 0.315 e. The molecule has 1 heterocycles. The lowest BCUT2D eigenvalue weighted by atomic mass is 9.91. The van der Waals surface area contributed by atoms with Crippen LogP contribution in [0.4, 0.5) is 4.79 Å². The predicted molar refractivity (Wildman–Crippen MR) is 168 cm³/mol. The third-order valence-electron chi connectivity index (χ3n) is 7.57. The first-order valence-corrected chi connectivity index (χ1v) is 15.4. The van der Waals surface area contributed by atoms with Gasteiger partial charge in [0, 0.05) is 35.2 Å². The summed E-state index contributed by atoms with van der Waals surface area (Å²) in [6.07, 6.45) is -0.704. The van der Waals surface area contributed by atoms with Gasteiger partial charge < -0.3 is 25.2 Å². The molecule has 3 N–H and O–H groups in total. The van der Waals surface area contributed by atoms with E-state index in [2.05, 4.69) is 72.2 Å². The second-order valence-electron chi connectivity index (χ2n) is 10.4. The van der Waals surface area contributed by atoms with E-state index in [-0.39, 0.29) is 30.8 Å². The van der Waals surface area contributed by atoms with Crippen LogP contribution in [0.3, 0.4) is 0 Å². The standard InChI is InChI=1S/C35H38N2O4S/c1-3-36-35(39)37-21-29-9-7-8-12-31(29)26-17-19-28(20-18-26)34-40-32(23-42-30-10-5-4-6-11-30)24(2)33(41-34)27-15-13-25(22-38)14-16-27/h4-20,24,32-34,38H,3,21-23H2,1-2H3,(H2,36,37,39)/t24-,32+,33+,34+/m0/s1. The van der Waals surface area contributed by atoms with Gasteiger partial charge in [-0.05, 0) is 46.9 Å². The summed E-state index contributed by atoms with van der Waals surface area (Å²) in [6, 6.07) is 34.6. The molecule has 4 atom stereocenters. The number of rotatable bonds is 10. The molecule has 0 saturated carbocycles. The molecule has 4 aromatic carbocycles. The van der Waals surface area contributed by atoms with Crippen LogP contribution in [0.1, 0.15) is 48.5 Å². The topological polar surface area (TPSA) is 79.8 Å². The average Bonchev–Trinajstić information content (AvgIpc) is 3.04. The van der Waals surface area contributed by atoms with Crippen molar-refractivity contribution >= 4 is 17.8 Å². The molecule has 0 radical (unpaired) electrons. The third-order valence-corrected chi connectivity index (χ3v) is 8.67. The zero-order chi connectivity index (χ0) is 29.3. The Bertz CT molecular complexity index is 1430. The summed E-state index contributed by atoms with van der Waals surface area (Å²) in [6.45, 7) is 5.12. The molecule has 0 aromatic heterocycles. The van der Waals surface area contributed by atoms with Gasteiger partial charge in [0.2, 0.25) is 0 Å². The van der Waals surface area contributed by atoms with Crippen molar-refractivity contribution in [3.8, 4) is 11.1 Å². The van der Waals surface area contributed by atoms with Gasteiger partial charge in [0.25, 0.3) is 0 Å². The van der Waals surface area contributed by atoms with Gasteiger partial charge in [0.1, 0.15) is 0 Å². The summed E-state index contributed by atoms with van der Waals surface area (Å²) in [5.41, 5.74) is 6.08. The Morgan fingerprint density at radius 3 is 2.24 bits per heavy atom. The van der Waals surface area contributed by atoms with Crippen LogP contribution in [0.2, 0.25) is 0 Å². The molecule has 0 aliphatic carbocycles. The fourth-order valence-corrected chi connectivity index (χ4v) is 6.27. The Hall–Kier alpha value is -3.62. The summed E-state index contributed by atoms with van der Waals surface area (Å²) in [5.74, 6) is 0.932. The molecule has 0 spiro atoms. The molecule has 6 nitrogen and oxygen atoms in total. The molecular formula is C35H38N2O4S. The summed E-state index contributed by atoms with van der Waals surface area (Å²) in [4.78, 5) is 13.2. The molecule has 7 heteroatoms. The van der Waals surface area contributed by atoms with Crippen LogP contribution in [0.5, 0.6) is 0 Å². The van der Waals surface area contributed by atoms with E-state index in [0.29, 0.717) is 13.1 Å². The first-order chi connectivity index (χ1) is 20.6.